The lowest BCUT2D eigenvalue weighted by Crippen LogP contribution is -2.23. The molecule has 0 bridgehead atoms. The smallest absolute Gasteiger partial charge is 0.0227 e. The highest BCUT2D eigenvalue weighted by Gasteiger charge is 2.71. The van der Waals surface area contributed by atoms with Crippen molar-refractivity contribution in [2.75, 3.05) is 0 Å². The molecule has 0 aliphatic heterocycles. The number of rotatable bonds is 0. The van der Waals surface area contributed by atoms with Gasteiger partial charge in [-0.15, -0.1) is 0 Å². The summed E-state index contributed by atoms with van der Waals surface area (Å²) in [5.74, 6) is 0. The van der Waals surface area contributed by atoms with E-state index in [0.717, 1.165) is 0 Å². The van der Waals surface area contributed by atoms with Gasteiger partial charge in [-0.2, -0.15) is 0 Å². The van der Waals surface area contributed by atoms with Gasteiger partial charge in [-0.1, -0.05) is 13.8 Å². The third-order valence-electron chi connectivity index (χ3n) is 4.85. The zero-order chi connectivity index (χ0) is 7.88. The quantitative estimate of drug-likeness (QED) is 0.536. The van der Waals surface area contributed by atoms with Crippen LogP contribution in [0.25, 0.3) is 0 Å². The molecule has 58 valence electrons. The van der Waals surface area contributed by atoms with Crippen molar-refractivity contribution in [3.63, 3.8) is 0 Å². The van der Waals surface area contributed by atoms with Gasteiger partial charge in [-0.3, -0.25) is 0 Å². The Bertz CT molecular complexity index is 462. The van der Waals surface area contributed by atoms with Crippen LogP contribution in [0.3, 0.4) is 0 Å². The maximum absolute atomic E-state index is 2.43. The van der Waals surface area contributed by atoms with Crippen LogP contribution >= 0.6 is 0 Å². The van der Waals surface area contributed by atoms with Gasteiger partial charge in [0.05, 0.1) is 0 Å². The van der Waals surface area contributed by atoms with Crippen molar-refractivity contribution in [1.29, 1.82) is 0 Å². The minimum absolute atomic E-state index is 0.611. The lowest BCUT2D eigenvalue weighted by atomic mass is 9.77. The van der Waals surface area contributed by atoms with E-state index in [9.17, 15) is 0 Å². The standard InChI is InChI=1S/C12H10/c1-11-3-5-7(11)9(11)6-4-12(2)8(6)10(5)12/h3-4H2,1-2H3. The first-order valence-electron chi connectivity index (χ1n) is 4.91. The van der Waals surface area contributed by atoms with Crippen molar-refractivity contribution in [3.05, 3.63) is 33.4 Å². The Morgan fingerprint density at radius 1 is 0.750 bits per heavy atom. The molecule has 1 aromatic carbocycles. The summed E-state index contributed by atoms with van der Waals surface area (Å²) in [4.78, 5) is 0. The Morgan fingerprint density at radius 2 is 1.08 bits per heavy atom. The first-order chi connectivity index (χ1) is 5.68. The second-order valence-corrected chi connectivity index (χ2v) is 5.47. The average Bonchev–Trinajstić information content (AvgIpc) is 2.67. The molecule has 0 unspecified atom stereocenters. The maximum atomic E-state index is 2.43. The Hall–Kier alpha value is -0.780. The molecule has 0 aromatic heterocycles. The van der Waals surface area contributed by atoms with Gasteiger partial charge in [0.25, 0.3) is 0 Å². The minimum atomic E-state index is 0.611. The molecule has 0 radical (unpaired) electrons. The van der Waals surface area contributed by atoms with E-state index in [0.29, 0.717) is 10.8 Å². The van der Waals surface area contributed by atoms with E-state index >= 15 is 0 Å². The van der Waals surface area contributed by atoms with E-state index in [2.05, 4.69) is 13.8 Å². The maximum Gasteiger partial charge on any atom is 0.0227 e. The highest BCUT2D eigenvalue weighted by molar-refractivity contribution is 5.90. The Kier molecular flexibility index (Phi) is 0.376. The highest BCUT2D eigenvalue weighted by Crippen LogP contribution is 2.77. The van der Waals surface area contributed by atoms with Crippen LogP contribution in [0, 0.1) is 0 Å². The van der Waals surface area contributed by atoms with Crippen molar-refractivity contribution in [3.8, 4) is 0 Å². The molecular formula is C12H10. The molecule has 0 amide bonds. The first kappa shape index (κ1) is 5.06. The fraction of sp³-hybridized carbons (Fsp3) is 0.500. The van der Waals surface area contributed by atoms with Crippen LogP contribution in [0.5, 0.6) is 0 Å². The van der Waals surface area contributed by atoms with Crippen molar-refractivity contribution < 1.29 is 0 Å². The summed E-state index contributed by atoms with van der Waals surface area (Å²) in [6.45, 7) is 4.85. The monoisotopic (exact) mass is 154 g/mol. The zero-order valence-electron chi connectivity index (χ0n) is 7.41. The van der Waals surface area contributed by atoms with Gasteiger partial charge in [0, 0.05) is 10.8 Å². The van der Waals surface area contributed by atoms with Gasteiger partial charge in [-0.25, -0.2) is 0 Å². The Morgan fingerprint density at radius 3 is 1.42 bits per heavy atom. The van der Waals surface area contributed by atoms with E-state index in [1.54, 1.807) is 33.4 Å². The van der Waals surface area contributed by atoms with Crippen LogP contribution in [-0.4, -0.2) is 0 Å². The van der Waals surface area contributed by atoms with Gasteiger partial charge in [0.1, 0.15) is 0 Å². The predicted molar refractivity (Wildman–Crippen MR) is 46.8 cm³/mol. The molecule has 0 heteroatoms. The van der Waals surface area contributed by atoms with Crippen molar-refractivity contribution in [2.24, 2.45) is 0 Å². The van der Waals surface area contributed by atoms with Gasteiger partial charge in [-0.05, 0) is 46.2 Å². The summed E-state index contributed by atoms with van der Waals surface area (Å²) in [6, 6.07) is 0. The number of fused-ring (bicyclic) bond motifs is 4. The van der Waals surface area contributed by atoms with Crippen molar-refractivity contribution in [1.82, 2.24) is 0 Å². The molecule has 12 heavy (non-hydrogen) atoms. The van der Waals surface area contributed by atoms with E-state index in [1.807, 2.05) is 0 Å². The van der Waals surface area contributed by atoms with Crippen molar-refractivity contribution >= 4 is 0 Å². The molecular weight excluding hydrogens is 144 g/mol. The lowest BCUT2D eigenvalue weighted by Gasteiger charge is -2.26. The molecule has 0 N–H and O–H groups in total. The Balaban J connectivity index is 2.07. The van der Waals surface area contributed by atoms with E-state index in [-0.39, 0.29) is 0 Å². The third kappa shape index (κ3) is 0.220. The summed E-state index contributed by atoms with van der Waals surface area (Å²) in [5, 5.41) is 0. The number of benzene rings is 1. The molecule has 0 atom stereocenters. The summed E-state index contributed by atoms with van der Waals surface area (Å²) in [6.07, 6.45) is 2.77. The molecule has 0 saturated carbocycles. The van der Waals surface area contributed by atoms with Crippen LogP contribution in [-0.2, 0) is 23.7 Å². The van der Waals surface area contributed by atoms with Crippen molar-refractivity contribution in [2.45, 2.75) is 37.5 Å². The third-order valence-corrected chi connectivity index (χ3v) is 4.85. The predicted octanol–water partition coefficient (Wildman–Crippen LogP) is 2.04. The fourth-order valence-electron chi connectivity index (χ4n) is 4.21. The molecule has 4 aliphatic carbocycles. The second-order valence-electron chi connectivity index (χ2n) is 5.47. The van der Waals surface area contributed by atoms with E-state index < -0.39 is 0 Å². The molecule has 5 rings (SSSR count). The zero-order valence-corrected chi connectivity index (χ0v) is 7.41. The first-order valence-corrected chi connectivity index (χ1v) is 4.91. The largest absolute Gasteiger partial charge is 0.0511 e. The second kappa shape index (κ2) is 0.891. The molecule has 1 aromatic rings. The van der Waals surface area contributed by atoms with E-state index in [4.69, 9.17) is 0 Å². The van der Waals surface area contributed by atoms with Gasteiger partial charge >= 0.3 is 0 Å². The van der Waals surface area contributed by atoms with Gasteiger partial charge in [0.2, 0.25) is 0 Å². The van der Waals surface area contributed by atoms with Gasteiger partial charge < -0.3 is 0 Å². The molecule has 0 spiro atoms. The van der Waals surface area contributed by atoms with Crippen LogP contribution in [0.4, 0.5) is 0 Å². The lowest BCUT2D eigenvalue weighted by molar-refractivity contribution is 0.568. The molecule has 0 nitrogen and oxygen atoms in total. The van der Waals surface area contributed by atoms with Crippen LogP contribution < -0.4 is 0 Å². The van der Waals surface area contributed by atoms with Crippen LogP contribution in [0.2, 0.25) is 0 Å². The average molecular weight is 154 g/mol. The summed E-state index contributed by atoms with van der Waals surface area (Å²) < 4.78 is 0. The Labute approximate surface area is 71.6 Å². The van der Waals surface area contributed by atoms with E-state index in [1.165, 1.54) is 12.8 Å². The summed E-state index contributed by atoms with van der Waals surface area (Å²) in [7, 11) is 0. The van der Waals surface area contributed by atoms with Crippen LogP contribution in [0.1, 0.15) is 47.2 Å². The van der Waals surface area contributed by atoms with Gasteiger partial charge in [0.15, 0.2) is 0 Å². The SMILES string of the molecule is CC12Cc3c1c2c1c2c3C2(C)C1. The molecule has 4 aliphatic rings. The minimum Gasteiger partial charge on any atom is -0.0511 e. The molecule has 0 heterocycles. The summed E-state index contributed by atoms with van der Waals surface area (Å²) >= 11 is 0. The van der Waals surface area contributed by atoms with Crippen LogP contribution in [0.15, 0.2) is 0 Å². The number of hydrogen-bond donors (Lipinski definition) is 0. The molecule has 0 saturated heterocycles. The topological polar surface area (TPSA) is 0 Å². The summed E-state index contributed by atoms with van der Waals surface area (Å²) in [5.41, 5.74) is 11.9. The normalized spacial score (nSPS) is 45.5. The molecule has 0 fully saturated rings. The fourth-order valence-corrected chi connectivity index (χ4v) is 4.21. The highest BCUT2D eigenvalue weighted by atomic mass is 14.7. The number of hydrogen-bond acceptors (Lipinski definition) is 0.